The van der Waals surface area contributed by atoms with Crippen LogP contribution in [0.1, 0.15) is 17.0 Å². The topological polar surface area (TPSA) is 63.3 Å². The molecule has 0 aliphatic heterocycles. The van der Waals surface area contributed by atoms with Crippen LogP contribution in [0.5, 0.6) is 0 Å². The molecule has 26 heavy (non-hydrogen) atoms. The first-order chi connectivity index (χ1) is 12.7. The highest BCUT2D eigenvalue weighted by Gasteiger charge is 2.23. The van der Waals surface area contributed by atoms with Crippen molar-refractivity contribution in [1.29, 1.82) is 0 Å². The first-order valence-electron chi connectivity index (χ1n) is 8.18. The standard InChI is InChI=1S/C22H15NO3/c24-22(25)20(16-11-5-2-6-12-16)19(15-9-3-1-4-10-15)21-23-17-13-7-8-14-18(17)26-21/h1-14H,(H,24,25). The van der Waals surface area contributed by atoms with E-state index in [-0.39, 0.29) is 5.57 Å². The Hall–Kier alpha value is -3.66. The van der Waals surface area contributed by atoms with Crippen molar-refractivity contribution < 1.29 is 14.3 Å². The third-order valence-corrected chi connectivity index (χ3v) is 4.10. The van der Waals surface area contributed by atoms with Crippen LogP contribution in [0.4, 0.5) is 0 Å². The molecule has 0 atom stereocenters. The fraction of sp³-hybridized carbons (Fsp3) is 0. The minimum atomic E-state index is -1.03. The average molecular weight is 341 g/mol. The van der Waals surface area contributed by atoms with E-state index in [1.54, 1.807) is 12.1 Å². The Morgan fingerprint density at radius 2 is 1.35 bits per heavy atom. The lowest BCUT2D eigenvalue weighted by molar-refractivity contribution is -0.130. The average Bonchev–Trinajstić information content (AvgIpc) is 3.10. The van der Waals surface area contributed by atoms with E-state index in [0.29, 0.717) is 28.1 Å². The first-order valence-corrected chi connectivity index (χ1v) is 8.18. The molecule has 0 unspecified atom stereocenters. The van der Waals surface area contributed by atoms with E-state index in [9.17, 15) is 9.90 Å². The molecule has 0 spiro atoms. The lowest BCUT2D eigenvalue weighted by Crippen LogP contribution is -2.05. The number of nitrogens with zero attached hydrogens (tertiary/aromatic N) is 1. The van der Waals surface area contributed by atoms with Gasteiger partial charge in [0.25, 0.3) is 0 Å². The van der Waals surface area contributed by atoms with E-state index in [1.807, 2.05) is 72.8 Å². The normalized spacial score (nSPS) is 12.0. The first kappa shape index (κ1) is 15.8. The Balaban J connectivity index is 2.06. The number of benzene rings is 3. The molecule has 0 saturated heterocycles. The van der Waals surface area contributed by atoms with Crippen molar-refractivity contribution in [3.8, 4) is 0 Å². The number of para-hydroxylation sites is 2. The van der Waals surface area contributed by atoms with Crippen molar-refractivity contribution in [3.05, 3.63) is 102 Å². The SMILES string of the molecule is O=C(O)C(=C(c1ccccc1)c1nc2ccccc2o1)c1ccccc1. The summed E-state index contributed by atoms with van der Waals surface area (Å²) in [4.78, 5) is 16.7. The second-order valence-corrected chi connectivity index (χ2v) is 5.77. The Morgan fingerprint density at radius 1 is 0.769 bits per heavy atom. The molecule has 1 N–H and O–H groups in total. The maximum atomic E-state index is 12.2. The smallest absolute Gasteiger partial charge is 0.337 e. The van der Waals surface area contributed by atoms with Gasteiger partial charge in [0.2, 0.25) is 5.89 Å². The van der Waals surface area contributed by atoms with Gasteiger partial charge in [-0.3, -0.25) is 0 Å². The summed E-state index contributed by atoms with van der Waals surface area (Å²) in [6.07, 6.45) is 0. The zero-order valence-electron chi connectivity index (χ0n) is 13.8. The molecule has 4 nitrogen and oxygen atoms in total. The second kappa shape index (κ2) is 6.69. The minimum Gasteiger partial charge on any atom is -0.478 e. The van der Waals surface area contributed by atoms with Gasteiger partial charge in [0, 0.05) is 0 Å². The van der Waals surface area contributed by atoms with Gasteiger partial charge in [0.1, 0.15) is 5.52 Å². The van der Waals surface area contributed by atoms with Gasteiger partial charge in [-0.1, -0.05) is 72.8 Å². The van der Waals surface area contributed by atoms with Crippen LogP contribution < -0.4 is 0 Å². The van der Waals surface area contributed by atoms with E-state index in [0.717, 1.165) is 5.56 Å². The van der Waals surface area contributed by atoms with Gasteiger partial charge in [-0.05, 0) is 23.3 Å². The molecule has 0 bridgehead atoms. The quantitative estimate of drug-likeness (QED) is 0.425. The minimum absolute atomic E-state index is 0.156. The lowest BCUT2D eigenvalue weighted by Gasteiger charge is -2.10. The molecular weight excluding hydrogens is 326 g/mol. The Morgan fingerprint density at radius 3 is 1.96 bits per heavy atom. The van der Waals surface area contributed by atoms with Crippen molar-refractivity contribution in [2.24, 2.45) is 0 Å². The van der Waals surface area contributed by atoms with E-state index < -0.39 is 5.97 Å². The summed E-state index contributed by atoms with van der Waals surface area (Å²) < 4.78 is 5.90. The van der Waals surface area contributed by atoms with E-state index >= 15 is 0 Å². The molecule has 0 aliphatic carbocycles. The number of carboxylic acids is 1. The maximum absolute atomic E-state index is 12.2. The van der Waals surface area contributed by atoms with Gasteiger partial charge < -0.3 is 9.52 Å². The number of rotatable bonds is 4. The summed E-state index contributed by atoms with van der Waals surface area (Å²) in [5.74, 6) is -0.740. The zero-order valence-corrected chi connectivity index (χ0v) is 13.8. The monoisotopic (exact) mass is 341 g/mol. The molecule has 0 radical (unpaired) electrons. The fourth-order valence-electron chi connectivity index (χ4n) is 2.94. The second-order valence-electron chi connectivity index (χ2n) is 5.77. The van der Waals surface area contributed by atoms with Gasteiger partial charge in [0.15, 0.2) is 5.58 Å². The summed E-state index contributed by atoms with van der Waals surface area (Å²) in [6, 6.07) is 25.7. The molecule has 0 saturated carbocycles. The number of aromatic nitrogens is 1. The number of aliphatic carboxylic acids is 1. The molecule has 3 aromatic carbocycles. The van der Waals surface area contributed by atoms with Crippen LogP contribution in [-0.4, -0.2) is 16.1 Å². The zero-order chi connectivity index (χ0) is 17.9. The maximum Gasteiger partial charge on any atom is 0.337 e. The molecule has 0 amide bonds. The van der Waals surface area contributed by atoms with E-state index in [1.165, 1.54) is 0 Å². The van der Waals surface area contributed by atoms with Crippen molar-refractivity contribution in [1.82, 2.24) is 4.98 Å². The van der Waals surface area contributed by atoms with Crippen LogP contribution >= 0.6 is 0 Å². The molecule has 0 aliphatic rings. The van der Waals surface area contributed by atoms with Crippen LogP contribution in [0, 0.1) is 0 Å². The summed E-state index contributed by atoms with van der Waals surface area (Å²) in [6.45, 7) is 0. The largest absolute Gasteiger partial charge is 0.478 e. The molecular formula is C22H15NO3. The predicted octanol–water partition coefficient (Wildman–Crippen LogP) is 4.87. The van der Waals surface area contributed by atoms with Crippen molar-refractivity contribution in [2.45, 2.75) is 0 Å². The van der Waals surface area contributed by atoms with Crippen LogP contribution in [0.3, 0.4) is 0 Å². The number of fused-ring (bicyclic) bond motifs is 1. The number of carbonyl (C=O) groups is 1. The summed E-state index contributed by atoms with van der Waals surface area (Å²) >= 11 is 0. The van der Waals surface area contributed by atoms with Gasteiger partial charge in [-0.2, -0.15) is 0 Å². The van der Waals surface area contributed by atoms with E-state index in [4.69, 9.17) is 4.42 Å². The van der Waals surface area contributed by atoms with E-state index in [2.05, 4.69) is 4.98 Å². The Kier molecular flexibility index (Phi) is 4.07. The Labute approximate surface area is 150 Å². The molecule has 4 aromatic rings. The molecule has 1 heterocycles. The predicted molar refractivity (Wildman–Crippen MR) is 100 cm³/mol. The molecule has 1 aromatic heterocycles. The van der Waals surface area contributed by atoms with Gasteiger partial charge >= 0.3 is 5.97 Å². The molecule has 126 valence electrons. The third-order valence-electron chi connectivity index (χ3n) is 4.10. The summed E-state index contributed by atoms with van der Waals surface area (Å²) in [7, 11) is 0. The fourth-order valence-corrected chi connectivity index (χ4v) is 2.94. The van der Waals surface area contributed by atoms with Crippen LogP contribution in [0.2, 0.25) is 0 Å². The highest BCUT2D eigenvalue weighted by atomic mass is 16.4. The van der Waals surface area contributed by atoms with Gasteiger partial charge in [0.05, 0.1) is 11.1 Å². The number of oxazole rings is 1. The Bertz CT molecular complexity index is 1060. The molecule has 0 fully saturated rings. The van der Waals surface area contributed by atoms with Crippen molar-refractivity contribution in [2.75, 3.05) is 0 Å². The molecule has 4 rings (SSSR count). The van der Waals surface area contributed by atoms with Crippen LogP contribution in [0.25, 0.3) is 22.2 Å². The molecule has 4 heteroatoms. The summed E-state index contributed by atoms with van der Waals surface area (Å²) in [5.41, 5.74) is 3.26. The van der Waals surface area contributed by atoms with Gasteiger partial charge in [-0.25, -0.2) is 9.78 Å². The van der Waals surface area contributed by atoms with Crippen molar-refractivity contribution in [3.63, 3.8) is 0 Å². The lowest BCUT2D eigenvalue weighted by atomic mass is 9.94. The summed E-state index contributed by atoms with van der Waals surface area (Å²) in [5, 5.41) is 9.97. The highest BCUT2D eigenvalue weighted by molar-refractivity contribution is 6.25. The van der Waals surface area contributed by atoms with Crippen molar-refractivity contribution >= 4 is 28.2 Å². The van der Waals surface area contributed by atoms with Crippen LogP contribution in [-0.2, 0) is 4.79 Å². The highest BCUT2D eigenvalue weighted by Crippen LogP contribution is 2.33. The third kappa shape index (κ3) is 2.89. The van der Waals surface area contributed by atoms with Gasteiger partial charge in [-0.15, -0.1) is 0 Å². The number of hydrogen-bond donors (Lipinski definition) is 1. The number of hydrogen-bond acceptors (Lipinski definition) is 3. The van der Waals surface area contributed by atoms with Crippen LogP contribution in [0.15, 0.2) is 89.3 Å². The number of carboxylic acid groups (broad SMARTS) is 1.